The normalized spacial score (nSPS) is 16.6. The van der Waals surface area contributed by atoms with Gasteiger partial charge in [0.15, 0.2) is 6.10 Å². The van der Waals surface area contributed by atoms with Gasteiger partial charge >= 0.3 is 5.97 Å². The summed E-state index contributed by atoms with van der Waals surface area (Å²) in [6.45, 7) is 5.13. The van der Waals surface area contributed by atoms with E-state index in [-0.39, 0.29) is 22.2 Å². The van der Waals surface area contributed by atoms with Crippen LogP contribution in [0.2, 0.25) is 5.02 Å². The molecule has 0 radical (unpaired) electrons. The van der Waals surface area contributed by atoms with Crippen molar-refractivity contribution in [2.75, 3.05) is 25.9 Å². The van der Waals surface area contributed by atoms with Crippen LogP contribution in [0.15, 0.2) is 12.1 Å². The number of anilines is 1. The second-order valence-electron chi connectivity index (χ2n) is 6.13. The van der Waals surface area contributed by atoms with Crippen LogP contribution in [0.3, 0.4) is 0 Å². The SMILES string of the molecule is COc1cc(N)c(Cl)cc1C(=O)O[C@H](C)C(=O)N1CCC(C)CC1. The average Bonchev–Trinajstić information content (AvgIpc) is 2.56. The Morgan fingerprint density at radius 2 is 1.96 bits per heavy atom. The Morgan fingerprint density at radius 3 is 2.54 bits per heavy atom. The van der Waals surface area contributed by atoms with Crippen molar-refractivity contribution in [3.05, 3.63) is 22.7 Å². The van der Waals surface area contributed by atoms with Gasteiger partial charge in [-0.25, -0.2) is 4.79 Å². The summed E-state index contributed by atoms with van der Waals surface area (Å²) in [6.07, 6.45) is 1.06. The molecule has 7 heteroatoms. The van der Waals surface area contributed by atoms with E-state index in [1.54, 1.807) is 11.8 Å². The van der Waals surface area contributed by atoms with E-state index in [9.17, 15) is 9.59 Å². The van der Waals surface area contributed by atoms with Crippen LogP contribution in [0, 0.1) is 5.92 Å². The Kier molecular flexibility index (Phi) is 5.94. The molecule has 1 atom stereocenters. The van der Waals surface area contributed by atoms with Gasteiger partial charge in [-0.2, -0.15) is 0 Å². The number of benzene rings is 1. The fraction of sp³-hybridized carbons (Fsp3) is 0.529. The molecule has 1 aliphatic heterocycles. The first kappa shape index (κ1) is 18.4. The van der Waals surface area contributed by atoms with Crippen LogP contribution in [0.4, 0.5) is 5.69 Å². The molecule has 0 unspecified atom stereocenters. The first-order valence-electron chi connectivity index (χ1n) is 7.96. The van der Waals surface area contributed by atoms with Crippen LogP contribution in [0.25, 0.3) is 0 Å². The summed E-state index contributed by atoms with van der Waals surface area (Å²) in [4.78, 5) is 26.5. The number of ether oxygens (including phenoxy) is 2. The number of nitrogens with zero attached hydrogens (tertiary/aromatic N) is 1. The molecule has 24 heavy (non-hydrogen) atoms. The summed E-state index contributed by atoms with van der Waals surface area (Å²) in [5, 5.41) is 0.228. The monoisotopic (exact) mass is 354 g/mol. The number of nitrogens with two attached hydrogens (primary N) is 1. The molecule has 2 rings (SSSR count). The zero-order valence-electron chi connectivity index (χ0n) is 14.2. The lowest BCUT2D eigenvalue weighted by Gasteiger charge is -2.31. The summed E-state index contributed by atoms with van der Waals surface area (Å²) in [5.41, 5.74) is 6.14. The predicted octanol–water partition coefficient (Wildman–Crippen LogP) is 2.73. The minimum absolute atomic E-state index is 0.142. The number of carbonyl (C=O) groups excluding carboxylic acids is 2. The van der Waals surface area contributed by atoms with Crippen molar-refractivity contribution in [1.29, 1.82) is 0 Å². The van der Waals surface area contributed by atoms with Gasteiger partial charge in [-0.3, -0.25) is 4.79 Å². The first-order valence-corrected chi connectivity index (χ1v) is 8.34. The van der Waals surface area contributed by atoms with Crippen LogP contribution in [-0.4, -0.2) is 43.1 Å². The topological polar surface area (TPSA) is 81.9 Å². The number of likely N-dealkylation sites (tertiary alicyclic amines) is 1. The van der Waals surface area contributed by atoms with Crippen molar-refractivity contribution in [3.63, 3.8) is 0 Å². The molecule has 6 nitrogen and oxygen atoms in total. The number of halogens is 1. The summed E-state index contributed by atoms with van der Waals surface area (Å²) in [6, 6.07) is 2.84. The standard InChI is InChI=1S/C17H23ClN2O4/c1-10-4-6-20(7-5-10)16(21)11(2)24-17(22)12-8-13(18)14(19)9-15(12)23-3/h8-11H,4-7,19H2,1-3H3/t11-/m1/s1. The van der Waals surface area contributed by atoms with Crippen LogP contribution in [0.5, 0.6) is 5.75 Å². The van der Waals surface area contributed by atoms with Crippen LogP contribution in [0.1, 0.15) is 37.0 Å². The number of rotatable bonds is 4. The van der Waals surface area contributed by atoms with E-state index in [4.69, 9.17) is 26.8 Å². The van der Waals surface area contributed by atoms with Crippen molar-refractivity contribution in [2.45, 2.75) is 32.8 Å². The zero-order valence-corrected chi connectivity index (χ0v) is 14.9. The largest absolute Gasteiger partial charge is 0.496 e. The molecular weight excluding hydrogens is 332 g/mol. The highest BCUT2D eigenvalue weighted by atomic mass is 35.5. The number of amides is 1. The van der Waals surface area contributed by atoms with Gasteiger partial charge in [-0.15, -0.1) is 0 Å². The van der Waals surface area contributed by atoms with Crippen molar-refractivity contribution in [2.24, 2.45) is 5.92 Å². The number of hydrogen-bond acceptors (Lipinski definition) is 5. The van der Waals surface area contributed by atoms with Gasteiger partial charge in [-0.05, 0) is 31.7 Å². The summed E-state index contributed by atoms with van der Waals surface area (Å²) >= 11 is 5.96. The molecule has 1 saturated heterocycles. The highest BCUT2D eigenvalue weighted by molar-refractivity contribution is 6.33. The molecule has 1 aliphatic rings. The number of piperidine rings is 1. The second kappa shape index (κ2) is 7.75. The minimum atomic E-state index is -0.869. The van der Waals surface area contributed by atoms with E-state index >= 15 is 0 Å². The van der Waals surface area contributed by atoms with E-state index in [0.717, 1.165) is 12.8 Å². The molecule has 0 bridgehead atoms. The number of carbonyl (C=O) groups is 2. The van der Waals surface area contributed by atoms with Crippen molar-refractivity contribution >= 4 is 29.2 Å². The molecular formula is C17H23ClN2O4. The molecule has 1 aromatic carbocycles. The van der Waals surface area contributed by atoms with Gasteiger partial charge in [0.25, 0.3) is 5.91 Å². The Labute approximate surface area is 146 Å². The lowest BCUT2D eigenvalue weighted by molar-refractivity contribution is -0.141. The molecule has 1 amide bonds. The zero-order chi connectivity index (χ0) is 17.9. The van der Waals surface area contributed by atoms with Crippen molar-refractivity contribution < 1.29 is 19.1 Å². The third kappa shape index (κ3) is 4.12. The maximum atomic E-state index is 12.4. The molecule has 0 aliphatic carbocycles. The van der Waals surface area contributed by atoms with Crippen LogP contribution in [-0.2, 0) is 9.53 Å². The summed E-state index contributed by atoms with van der Waals surface area (Å²) in [7, 11) is 1.42. The third-order valence-electron chi connectivity index (χ3n) is 4.27. The van der Waals surface area contributed by atoms with E-state index in [0.29, 0.717) is 24.7 Å². The van der Waals surface area contributed by atoms with Gasteiger partial charge in [0.1, 0.15) is 11.3 Å². The lowest BCUT2D eigenvalue weighted by Crippen LogP contribution is -2.44. The number of hydrogen-bond donors (Lipinski definition) is 1. The average molecular weight is 355 g/mol. The van der Waals surface area contributed by atoms with Gasteiger partial charge in [0, 0.05) is 19.2 Å². The molecule has 0 saturated carbocycles. The van der Waals surface area contributed by atoms with E-state index in [1.165, 1.54) is 19.2 Å². The Morgan fingerprint density at radius 1 is 1.33 bits per heavy atom. The smallest absolute Gasteiger partial charge is 0.342 e. The van der Waals surface area contributed by atoms with Gasteiger partial charge in [0.05, 0.1) is 17.8 Å². The fourth-order valence-electron chi connectivity index (χ4n) is 2.66. The molecule has 0 aromatic heterocycles. The fourth-order valence-corrected chi connectivity index (χ4v) is 2.82. The van der Waals surface area contributed by atoms with E-state index in [1.807, 2.05) is 0 Å². The quantitative estimate of drug-likeness (QED) is 0.664. The van der Waals surface area contributed by atoms with E-state index in [2.05, 4.69) is 6.92 Å². The number of methoxy groups -OCH3 is 1. The number of nitrogen functional groups attached to an aromatic ring is 1. The maximum Gasteiger partial charge on any atom is 0.342 e. The Bertz CT molecular complexity index is 627. The summed E-state index contributed by atoms with van der Waals surface area (Å²) in [5.74, 6) is 0.0252. The van der Waals surface area contributed by atoms with Crippen LogP contribution < -0.4 is 10.5 Å². The lowest BCUT2D eigenvalue weighted by atomic mass is 9.99. The summed E-state index contributed by atoms with van der Waals surface area (Å²) < 4.78 is 10.4. The Balaban J connectivity index is 2.06. The van der Waals surface area contributed by atoms with E-state index < -0.39 is 12.1 Å². The molecule has 1 fully saturated rings. The third-order valence-corrected chi connectivity index (χ3v) is 4.59. The molecule has 1 heterocycles. The van der Waals surface area contributed by atoms with Gasteiger partial charge in [-0.1, -0.05) is 18.5 Å². The highest BCUT2D eigenvalue weighted by Gasteiger charge is 2.28. The molecule has 132 valence electrons. The van der Waals surface area contributed by atoms with Crippen molar-refractivity contribution in [1.82, 2.24) is 4.90 Å². The van der Waals surface area contributed by atoms with Crippen LogP contribution >= 0.6 is 11.6 Å². The predicted molar refractivity (Wildman–Crippen MR) is 92.3 cm³/mol. The maximum absolute atomic E-state index is 12.4. The number of esters is 1. The molecule has 1 aromatic rings. The minimum Gasteiger partial charge on any atom is -0.496 e. The second-order valence-corrected chi connectivity index (χ2v) is 6.54. The van der Waals surface area contributed by atoms with Gasteiger partial charge in [0.2, 0.25) is 0 Å². The first-order chi connectivity index (χ1) is 11.3. The molecule has 0 spiro atoms. The Hall–Kier alpha value is -1.95. The van der Waals surface area contributed by atoms with Crippen molar-refractivity contribution in [3.8, 4) is 5.75 Å². The van der Waals surface area contributed by atoms with Gasteiger partial charge < -0.3 is 20.1 Å². The molecule has 2 N–H and O–H groups in total. The highest BCUT2D eigenvalue weighted by Crippen LogP contribution is 2.29.